The Balaban J connectivity index is 2.52. The van der Waals surface area contributed by atoms with Crippen LogP contribution in [0.2, 0.25) is 0 Å². The van der Waals surface area contributed by atoms with Gasteiger partial charge in [-0.25, -0.2) is 0 Å². The van der Waals surface area contributed by atoms with Crippen molar-refractivity contribution in [2.45, 2.75) is 19.8 Å². The number of hydrogen-bond acceptors (Lipinski definition) is 1. The first kappa shape index (κ1) is 7.55. The van der Waals surface area contributed by atoms with Crippen molar-refractivity contribution >= 4 is 0 Å². The van der Waals surface area contributed by atoms with E-state index in [1.165, 1.54) is 0 Å². The monoisotopic (exact) mass is 137 g/mol. The van der Waals surface area contributed by atoms with E-state index in [-0.39, 0.29) is 0 Å². The van der Waals surface area contributed by atoms with Gasteiger partial charge in [0.2, 0.25) is 0 Å². The summed E-state index contributed by atoms with van der Waals surface area (Å²) in [6.45, 7) is 3.04. The maximum absolute atomic E-state index is 5.49. The van der Waals surface area contributed by atoms with Crippen molar-refractivity contribution in [1.82, 2.24) is 0 Å². The van der Waals surface area contributed by atoms with E-state index < -0.39 is 0 Å². The van der Waals surface area contributed by atoms with E-state index in [1.54, 1.807) is 0 Å². The molecule has 0 aliphatic heterocycles. The molecule has 0 saturated heterocycles. The van der Waals surface area contributed by atoms with Crippen LogP contribution in [0, 0.1) is 5.41 Å². The second kappa shape index (κ2) is 3.02. The molecule has 1 aliphatic carbocycles. The molecular weight excluding hydrogens is 122 g/mol. The maximum Gasteiger partial charge on any atom is -0.00690 e. The zero-order valence-corrected chi connectivity index (χ0v) is 6.51. The van der Waals surface area contributed by atoms with Crippen LogP contribution >= 0.6 is 0 Å². The topological polar surface area (TPSA) is 26.0 Å². The molecule has 0 fully saturated rings. The van der Waals surface area contributed by atoms with Gasteiger partial charge in [0.15, 0.2) is 0 Å². The summed E-state index contributed by atoms with van der Waals surface area (Å²) < 4.78 is 0. The van der Waals surface area contributed by atoms with E-state index in [1.807, 2.05) is 0 Å². The lowest BCUT2D eigenvalue weighted by Crippen LogP contribution is -2.18. The lowest BCUT2D eigenvalue weighted by atomic mass is 9.81. The van der Waals surface area contributed by atoms with Crippen molar-refractivity contribution in [1.29, 1.82) is 0 Å². The quantitative estimate of drug-likeness (QED) is 0.617. The second-order valence-corrected chi connectivity index (χ2v) is 3.18. The fourth-order valence-electron chi connectivity index (χ4n) is 1.29. The van der Waals surface area contributed by atoms with E-state index in [9.17, 15) is 0 Å². The van der Waals surface area contributed by atoms with E-state index in [4.69, 9.17) is 5.73 Å². The Morgan fingerprint density at radius 2 is 2.30 bits per heavy atom. The van der Waals surface area contributed by atoms with Gasteiger partial charge >= 0.3 is 0 Å². The Kier molecular flexibility index (Phi) is 2.28. The zero-order chi connectivity index (χ0) is 7.45. The lowest BCUT2D eigenvalue weighted by Gasteiger charge is -2.25. The third-order valence-electron chi connectivity index (χ3n) is 2.05. The molecule has 0 amide bonds. The highest BCUT2D eigenvalue weighted by atomic mass is 14.5. The summed E-state index contributed by atoms with van der Waals surface area (Å²) in [7, 11) is 0. The molecule has 1 rings (SSSR count). The van der Waals surface area contributed by atoms with Gasteiger partial charge in [0.25, 0.3) is 0 Å². The molecule has 0 radical (unpaired) electrons. The molecule has 1 atom stereocenters. The predicted octanol–water partition coefficient (Wildman–Crippen LogP) is 1.86. The van der Waals surface area contributed by atoms with Gasteiger partial charge in [0.05, 0.1) is 0 Å². The largest absolute Gasteiger partial charge is 0.330 e. The van der Waals surface area contributed by atoms with E-state index in [0.29, 0.717) is 5.41 Å². The summed E-state index contributed by atoms with van der Waals surface area (Å²) >= 11 is 0. The molecule has 0 unspecified atom stereocenters. The third kappa shape index (κ3) is 1.71. The highest BCUT2D eigenvalue weighted by Gasteiger charge is 2.18. The van der Waals surface area contributed by atoms with Crippen molar-refractivity contribution < 1.29 is 0 Å². The number of hydrogen-bond donors (Lipinski definition) is 1. The van der Waals surface area contributed by atoms with Crippen molar-refractivity contribution in [3.63, 3.8) is 0 Å². The molecule has 0 aromatic carbocycles. The molecule has 0 aromatic heterocycles. The minimum atomic E-state index is 0.337. The smallest absolute Gasteiger partial charge is 0.00690 e. The van der Waals surface area contributed by atoms with Crippen LogP contribution in [0.4, 0.5) is 0 Å². The van der Waals surface area contributed by atoms with Gasteiger partial charge in [-0.15, -0.1) is 0 Å². The normalized spacial score (nSPS) is 31.0. The van der Waals surface area contributed by atoms with Crippen LogP contribution < -0.4 is 5.73 Å². The van der Waals surface area contributed by atoms with Crippen molar-refractivity contribution in [2.75, 3.05) is 6.54 Å². The first-order valence-electron chi connectivity index (χ1n) is 3.81. The molecule has 0 aromatic rings. The number of allylic oxidation sites excluding steroid dienone is 4. The van der Waals surface area contributed by atoms with E-state index in [0.717, 1.165) is 19.4 Å². The fourth-order valence-corrected chi connectivity index (χ4v) is 1.29. The molecular formula is C9H15N. The second-order valence-electron chi connectivity index (χ2n) is 3.18. The SMILES string of the molecule is C[C@@]1(CCN)C=CC=CC1. The molecule has 1 nitrogen and oxygen atoms in total. The molecule has 0 heterocycles. The van der Waals surface area contributed by atoms with Gasteiger partial charge in [0.1, 0.15) is 0 Å². The summed E-state index contributed by atoms with van der Waals surface area (Å²) in [5, 5.41) is 0. The van der Waals surface area contributed by atoms with Crippen LogP contribution in [0.25, 0.3) is 0 Å². The predicted molar refractivity (Wildman–Crippen MR) is 44.7 cm³/mol. The molecule has 1 aliphatic rings. The Bertz CT molecular complexity index is 158. The van der Waals surface area contributed by atoms with Crippen LogP contribution in [0.5, 0.6) is 0 Å². The van der Waals surface area contributed by atoms with Gasteiger partial charge < -0.3 is 5.73 Å². The fraction of sp³-hybridized carbons (Fsp3) is 0.556. The minimum Gasteiger partial charge on any atom is -0.330 e. The van der Waals surface area contributed by atoms with Gasteiger partial charge in [-0.1, -0.05) is 31.2 Å². The van der Waals surface area contributed by atoms with Crippen molar-refractivity contribution in [3.8, 4) is 0 Å². The van der Waals surface area contributed by atoms with Gasteiger partial charge in [-0.3, -0.25) is 0 Å². The molecule has 56 valence electrons. The highest BCUT2D eigenvalue weighted by Crippen LogP contribution is 2.29. The van der Waals surface area contributed by atoms with Crippen molar-refractivity contribution in [3.05, 3.63) is 24.3 Å². The number of rotatable bonds is 2. The summed E-state index contributed by atoms with van der Waals surface area (Å²) in [6.07, 6.45) is 10.9. The van der Waals surface area contributed by atoms with Crippen molar-refractivity contribution in [2.24, 2.45) is 11.1 Å². The standard InChI is InChI=1S/C9H15N/c1-9(7-8-10)5-3-2-4-6-9/h2-5H,6-8,10H2,1H3/t9-/m1/s1. The number of nitrogens with two attached hydrogens (primary N) is 1. The van der Waals surface area contributed by atoms with Crippen LogP contribution in [0.3, 0.4) is 0 Å². The molecule has 2 N–H and O–H groups in total. The average molecular weight is 137 g/mol. The molecule has 0 spiro atoms. The average Bonchev–Trinajstić information content (AvgIpc) is 1.89. The molecule has 0 saturated carbocycles. The summed E-state index contributed by atoms with van der Waals surface area (Å²) in [5.41, 5.74) is 5.82. The Morgan fingerprint density at radius 1 is 1.50 bits per heavy atom. The van der Waals surface area contributed by atoms with Gasteiger partial charge in [-0.2, -0.15) is 0 Å². The first-order valence-corrected chi connectivity index (χ1v) is 3.81. The minimum absolute atomic E-state index is 0.337. The summed E-state index contributed by atoms with van der Waals surface area (Å²) in [6, 6.07) is 0. The Labute approximate surface area is 62.6 Å². The first-order chi connectivity index (χ1) is 4.77. The molecule has 0 bridgehead atoms. The van der Waals surface area contributed by atoms with E-state index >= 15 is 0 Å². The maximum atomic E-state index is 5.49. The zero-order valence-electron chi connectivity index (χ0n) is 6.51. The molecule has 10 heavy (non-hydrogen) atoms. The third-order valence-corrected chi connectivity index (χ3v) is 2.05. The van der Waals surface area contributed by atoms with Crippen LogP contribution in [-0.4, -0.2) is 6.54 Å². The van der Waals surface area contributed by atoms with Gasteiger partial charge in [0, 0.05) is 0 Å². The van der Waals surface area contributed by atoms with Gasteiger partial charge in [-0.05, 0) is 24.8 Å². The van der Waals surface area contributed by atoms with Crippen LogP contribution in [0.15, 0.2) is 24.3 Å². The lowest BCUT2D eigenvalue weighted by molar-refractivity contribution is 0.400. The Hall–Kier alpha value is -0.560. The van der Waals surface area contributed by atoms with Crippen LogP contribution in [-0.2, 0) is 0 Å². The summed E-state index contributed by atoms with van der Waals surface area (Å²) in [5.74, 6) is 0. The van der Waals surface area contributed by atoms with Crippen LogP contribution in [0.1, 0.15) is 19.8 Å². The van der Waals surface area contributed by atoms with E-state index in [2.05, 4.69) is 31.2 Å². The highest BCUT2D eigenvalue weighted by molar-refractivity contribution is 5.15. The molecule has 1 heteroatoms. The Morgan fingerprint density at radius 3 is 2.80 bits per heavy atom. The summed E-state index contributed by atoms with van der Waals surface area (Å²) in [4.78, 5) is 0.